The number of benzene rings is 2. The van der Waals surface area contributed by atoms with Crippen molar-refractivity contribution >= 4 is 0 Å². The maximum absolute atomic E-state index is 5.98. The minimum absolute atomic E-state index is 0.0837. The van der Waals surface area contributed by atoms with Crippen molar-refractivity contribution in [3.05, 3.63) is 138 Å². The van der Waals surface area contributed by atoms with E-state index in [0.717, 1.165) is 48.6 Å². The number of fused-ring (bicyclic) bond motifs is 2. The molecule has 2 aromatic carbocycles. The van der Waals surface area contributed by atoms with E-state index in [1.807, 2.05) is 42.6 Å². The third-order valence-electron chi connectivity index (χ3n) is 9.50. The summed E-state index contributed by atoms with van der Waals surface area (Å²) >= 11 is 0. The quantitative estimate of drug-likeness (QED) is 0.156. The summed E-state index contributed by atoms with van der Waals surface area (Å²) in [5.41, 5.74) is 6.02. The van der Waals surface area contributed by atoms with E-state index in [-0.39, 0.29) is 12.2 Å². The van der Waals surface area contributed by atoms with Crippen molar-refractivity contribution in [1.82, 2.24) is 24.8 Å². The van der Waals surface area contributed by atoms with Gasteiger partial charge in [0.25, 0.3) is 11.8 Å². The van der Waals surface area contributed by atoms with Crippen LogP contribution in [0.2, 0.25) is 0 Å². The van der Waals surface area contributed by atoms with Gasteiger partial charge in [-0.2, -0.15) is 0 Å². The second-order valence-electron chi connectivity index (χ2n) is 13.4. The van der Waals surface area contributed by atoms with Crippen LogP contribution in [0.3, 0.4) is 0 Å². The van der Waals surface area contributed by atoms with Gasteiger partial charge in [0.05, 0.1) is 0 Å². The number of hydrogen-bond donors (Lipinski definition) is 0. The van der Waals surface area contributed by atoms with Crippen LogP contribution in [0.4, 0.5) is 0 Å². The van der Waals surface area contributed by atoms with Gasteiger partial charge in [0.2, 0.25) is 0 Å². The molecule has 3 aromatic heterocycles. The molecule has 2 atom stereocenters. The average Bonchev–Trinajstić information content (AvgIpc) is 3.47. The molecule has 0 unspecified atom stereocenters. The lowest BCUT2D eigenvalue weighted by Crippen LogP contribution is -2.24. The number of rotatable bonds is 9. The minimum atomic E-state index is -0.122. The predicted molar refractivity (Wildman–Crippen MR) is 197 cm³/mol. The SMILES string of the molecule is CN(CCc1ccccn1)Cc1ccc([C@H]2COc3cccnc3O2)cc1.c1cnc2c(c1)OC[C@H](c1ccc(CN3CCCCCC3)cc1)O2. The average molecular weight is 686 g/mol. The van der Waals surface area contributed by atoms with E-state index in [4.69, 9.17) is 18.9 Å². The number of likely N-dealkylation sites (N-methyl/N-ethyl adjacent to an activating group) is 1. The Balaban J connectivity index is 0.000000160. The first kappa shape index (κ1) is 34.5. The number of nitrogens with zero attached hydrogens (tertiary/aromatic N) is 5. The monoisotopic (exact) mass is 685 g/mol. The van der Waals surface area contributed by atoms with Crippen LogP contribution in [0.15, 0.2) is 110 Å². The van der Waals surface area contributed by atoms with Crippen LogP contribution < -0.4 is 18.9 Å². The molecule has 5 aromatic rings. The van der Waals surface area contributed by atoms with Gasteiger partial charge in [0.1, 0.15) is 13.2 Å². The molecule has 9 nitrogen and oxygen atoms in total. The fraction of sp³-hybridized carbons (Fsp3) is 0.357. The zero-order valence-electron chi connectivity index (χ0n) is 29.4. The largest absolute Gasteiger partial charge is 0.484 e. The van der Waals surface area contributed by atoms with Crippen molar-refractivity contribution in [3.8, 4) is 23.3 Å². The van der Waals surface area contributed by atoms with E-state index in [0.29, 0.717) is 30.7 Å². The summed E-state index contributed by atoms with van der Waals surface area (Å²) in [6.45, 7) is 6.41. The van der Waals surface area contributed by atoms with E-state index in [1.165, 1.54) is 49.9 Å². The van der Waals surface area contributed by atoms with Gasteiger partial charge in [0, 0.05) is 50.3 Å². The lowest BCUT2D eigenvalue weighted by molar-refractivity contribution is 0.0850. The Labute approximate surface area is 301 Å². The van der Waals surface area contributed by atoms with Crippen LogP contribution in [0, 0.1) is 0 Å². The lowest BCUT2D eigenvalue weighted by atomic mass is 10.1. The molecule has 0 aliphatic carbocycles. The second-order valence-corrected chi connectivity index (χ2v) is 13.4. The fourth-order valence-corrected chi connectivity index (χ4v) is 6.62. The summed E-state index contributed by atoms with van der Waals surface area (Å²) in [5, 5.41) is 0. The Morgan fingerprint density at radius 2 is 1.20 bits per heavy atom. The summed E-state index contributed by atoms with van der Waals surface area (Å²) in [6, 6.07) is 30.8. The maximum Gasteiger partial charge on any atom is 0.257 e. The summed E-state index contributed by atoms with van der Waals surface area (Å²) in [5.74, 6) is 2.58. The lowest BCUT2D eigenvalue weighted by Gasteiger charge is -2.26. The molecule has 0 N–H and O–H groups in total. The molecule has 0 radical (unpaired) electrons. The van der Waals surface area contributed by atoms with E-state index >= 15 is 0 Å². The standard InChI is InChI=1S/C22H23N3O2.C20H24N2O2/c1-25(14-11-19-5-2-3-12-23-19)15-17-7-9-18(10-8-17)21-16-26-20-6-4-13-24-22(20)27-21;1-2-4-13-22(12-3-1)14-16-7-9-17(10-8-16)19-15-23-18-6-5-11-21-20(18)24-19/h2-10,12-13,21H,11,14-16H2,1H3;5-11,19H,1-4,12-15H2/t21-;19-/m11/s1. The highest BCUT2D eigenvalue weighted by atomic mass is 16.6. The summed E-state index contributed by atoms with van der Waals surface area (Å²) in [7, 11) is 2.14. The van der Waals surface area contributed by atoms with Gasteiger partial charge in [0.15, 0.2) is 23.7 Å². The van der Waals surface area contributed by atoms with Crippen LogP contribution in [0.25, 0.3) is 0 Å². The Kier molecular flexibility index (Phi) is 11.7. The molecular formula is C42H47N5O4. The zero-order valence-corrected chi connectivity index (χ0v) is 29.4. The van der Waals surface area contributed by atoms with Gasteiger partial charge in [-0.1, -0.05) is 67.4 Å². The molecule has 9 heteroatoms. The third-order valence-corrected chi connectivity index (χ3v) is 9.50. The van der Waals surface area contributed by atoms with Crippen molar-refractivity contribution in [2.45, 2.75) is 57.4 Å². The first-order valence-electron chi connectivity index (χ1n) is 18.1. The molecule has 3 aliphatic heterocycles. The second kappa shape index (κ2) is 17.3. The van der Waals surface area contributed by atoms with E-state index < -0.39 is 0 Å². The van der Waals surface area contributed by atoms with Gasteiger partial charge in [-0.05, 0) is 91.6 Å². The number of hydrogen-bond acceptors (Lipinski definition) is 9. The smallest absolute Gasteiger partial charge is 0.257 e. The topological polar surface area (TPSA) is 82.1 Å². The Morgan fingerprint density at radius 1 is 0.627 bits per heavy atom. The first-order valence-corrected chi connectivity index (χ1v) is 18.1. The fourth-order valence-electron chi connectivity index (χ4n) is 6.62. The van der Waals surface area contributed by atoms with Gasteiger partial charge < -0.3 is 23.8 Å². The van der Waals surface area contributed by atoms with E-state index in [2.05, 4.69) is 86.4 Å². The summed E-state index contributed by atoms with van der Waals surface area (Å²) in [4.78, 5) is 17.7. The van der Waals surface area contributed by atoms with Crippen LogP contribution in [0.5, 0.6) is 23.3 Å². The highest BCUT2D eigenvalue weighted by Crippen LogP contribution is 2.35. The minimum Gasteiger partial charge on any atom is -0.484 e. The maximum atomic E-state index is 5.98. The molecule has 264 valence electrons. The predicted octanol–water partition coefficient (Wildman–Crippen LogP) is 7.63. The first-order chi connectivity index (χ1) is 25.2. The highest BCUT2D eigenvalue weighted by molar-refractivity contribution is 5.37. The van der Waals surface area contributed by atoms with Gasteiger partial charge in [-0.3, -0.25) is 9.88 Å². The Hall–Kier alpha value is -4.99. The molecule has 8 rings (SSSR count). The molecule has 1 saturated heterocycles. The Bertz CT molecular complexity index is 1800. The Morgan fingerprint density at radius 3 is 1.76 bits per heavy atom. The van der Waals surface area contributed by atoms with Crippen molar-refractivity contribution in [1.29, 1.82) is 0 Å². The number of likely N-dealkylation sites (tertiary alicyclic amines) is 1. The molecule has 6 heterocycles. The molecule has 3 aliphatic rings. The molecule has 0 amide bonds. The van der Waals surface area contributed by atoms with Crippen LogP contribution >= 0.6 is 0 Å². The number of pyridine rings is 3. The van der Waals surface area contributed by atoms with Gasteiger partial charge >= 0.3 is 0 Å². The van der Waals surface area contributed by atoms with E-state index in [1.54, 1.807) is 12.4 Å². The molecule has 51 heavy (non-hydrogen) atoms. The molecule has 1 fully saturated rings. The molecule has 0 spiro atoms. The van der Waals surface area contributed by atoms with Crippen molar-refractivity contribution in [3.63, 3.8) is 0 Å². The third kappa shape index (κ3) is 9.62. The van der Waals surface area contributed by atoms with Gasteiger partial charge in [-0.25, -0.2) is 9.97 Å². The van der Waals surface area contributed by atoms with Crippen LogP contribution in [-0.2, 0) is 19.5 Å². The molecular weight excluding hydrogens is 638 g/mol. The summed E-state index contributed by atoms with van der Waals surface area (Å²) in [6.07, 6.45) is 11.5. The van der Waals surface area contributed by atoms with Crippen LogP contribution in [-0.4, -0.2) is 64.6 Å². The van der Waals surface area contributed by atoms with Crippen LogP contribution in [0.1, 0.15) is 65.8 Å². The number of ether oxygens (including phenoxy) is 4. The highest BCUT2D eigenvalue weighted by Gasteiger charge is 2.24. The van der Waals surface area contributed by atoms with Crippen molar-refractivity contribution in [2.24, 2.45) is 0 Å². The zero-order chi connectivity index (χ0) is 34.7. The van der Waals surface area contributed by atoms with E-state index in [9.17, 15) is 0 Å². The molecule has 0 bridgehead atoms. The molecule has 0 saturated carbocycles. The van der Waals surface area contributed by atoms with Crippen molar-refractivity contribution < 1.29 is 18.9 Å². The van der Waals surface area contributed by atoms with Crippen molar-refractivity contribution in [2.75, 3.05) is 39.9 Å². The number of aromatic nitrogens is 3. The normalized spacial score (nSPS) is 18.3. The van der Waals surface area contributed by atoms with Gasteiger partial charge in [-0.15, -0.1) is 0 Å². The summed E-state index contributed by atoms with van der Waals surface area (Å²) < 4.78 is 23.5.